The third-order valence-corrected chi connectivity index (χ3v) is 5.66. The number of amides is 1. The number of fused-ring (bicyclic) bond motifs is 2. The Hall–Kier alpha value is -4.49. The van der Waals surface area contributed by atoms with E-state index in [-0.39, 0.29) is 24.0 Å². The van der Waals surface area contributed by atoms with Crippen LogP contribution >= 0.6 is 0 Å². The first-order valence-electron chi connectivity index (χ1n) is 12.5. The van der Waals surface area contributed by atoms with Crippen LogP contribution in [0.5, 0.6) is 11.5 Å². The maximum absolute atomic E-state index is 13.9. The van der Waals surface area contributed by atoms with Crippen molar-refractivity contribution in [3.05, 3.63) is 48.5 Å². The molecular weight excluding hydrogens is 509 g/mol. The number of imidazole rings is 1. The Morgan fingerprint density at radius 1 is 0.923 bits per heavy atom. The smallest absolute Gasteiger partial charge is 0.231 e. The third kappa shape index (κ3) is 6.69. The molecule has 0 bridgehead atoms. The molecule has 0 radical (unpaired) electrons. The Morgan fingerprint density at radius 3 is 2.49 bits per heavy atom. The topological polar surface area (TPSA) is 145 Å². The number of ether oxygens (including phenoxy) is 4. The lowest BCUT2D eigenvalue weighted by Crippen LogP contribution is -2.15. The van der Waals surface area contributed by atoms with Crippen molar-refractivity contribution in [2.75, 3.05) is 55.6 Å². The average Bonchev–Trinajstić information content (AvgIpc) is 3.40. The fraction of sp³-hybridized carbons (Fsp3) is 0.308. The zero-order chi connectivity index (χ0) is 27.0. The second kappa shape index (κ2) is 12.4. The van der Waals surface area contributed by atoms with Crippen molar-refractivity contribution in [1.29, 1.82) is 0 Å². The van der Waals surface area contributed by atoms with E-state index in [1.807, 2.05) is 6.07 Å². The number of aromatic nitrogens is 4. The van der Waals surface area contributed by atoms with Crippen LogP contribution in [0, 0.1) is 5.82 Å². The monoisotopic (exact) mass is 537 g/mol. The predicted octanol–water partition coefficient (Wildman–Crippen LogP) is 4.13. The highest BCUT2D eigenvalue weighted by Crippen LogP contribution is 2.33. The number of halogens is 1. The van der Waals surface area contributed by atoms with Crippen LogP contribution in [-0.2, 0) is 14.3 Å². The number of hydrogen-bond acceptors (Lipinski definition) is 10. The molecule has 1 aliphatic heterocycles. The molecule has 0 saturated carbocycles. The molecule has 2 aromatic carbocycles. The van der Waals surface area contributed by atoms with Gasteiger partial charge in [0, 0.05) is 18.2 Å². The zero-order valence-corrected chi connectivity index (χ0v) is 21.3. The quantitative estimate of drug-likeness (QED) is 0.283. The lowest BCUT2D eigenvalue weighted by atomic mass is 10.2. The molecule has 39 heavy (non-hydrogen) atoms. The summed E-state index contributed by atoms with van der Waals surface area (Å²) < 4.78 is 36.6. The van der Waals surface area contributed by atoms with Crippen molar-refractivity contribution in [3.8, 4) is 11.5 Å². The van der Waals surface area contributed by atoms with Gasteiger partial charge in [0.25, 0.3) is 0 Å². The lowest BCUT2D eigenvalue weighted by molar-refractivity contribution is -0.115. The summed E-state index contributed by atoms with van der Waals surface area (Å²) in [5.41, 5.74) is 2.33. The van der Waals surface area contributed by atoms with Crippen LogP contribution in [0.3, 0.4) is 0 Å². The molecule has 4 aromatic rings. The van der Waals surface area contributed by atoms with Crippen molar-refractivity contribution in [2.45, 2.75) is 13.3 Å². The Labute approximate surface area is 223 Å². The van der Waals surface area contributed by atoms with Gasteiger partial charge in [-0.25, -0.2) is 9.37 Å². The van der Waals surface area contributed by atoms with Gasteiger partial charge in [0.1, 0.15) is 24.5 Å². The molecule has 5 rings (SSSR count). The van der Waals surface area contributed by atoms with Gasteiger partial charge in [0.2, 0.25) is 11.9 Å². The summed E-state index contributed by atoms with van der Waals surface area (Å²) in [7, 11) is 0. The first kappa shape index (κ1) is 26.1. The normalized spacial score (nSPS) is 14.2. The van der Waals surface area contributed by atoms with Gasteiger partial charge in [-0.05, 0) is 30.3 Å². The summed E-state index contributed by atoms with van der Waals surface area (Å²) in [6.45, 7) is 4.29. The molecule has 0 atom stereocenters. The number of nitrogens with zero attached hydrogens (tertiary/aromatic N) is 3. The summed E-state index contributed by atoms with van der Waals surface area (Å²) in [5.74, 6) is 1.01. The van der Waals surface area contributed by atoms with Gasteiger partial charge in [-0.3, -0.25) is 4.79 Å². The number of benzene rings is 2. The summed E-state index contributed by atoms with van der Waals surface area (Å²) >= 11 is 0. The highest BCUT2D eigenvalue weighted by atomic mass is 19.1. The number of aromatic amines is 1. The van der Waals surface area contributed by atoms with E-state index >= 15 is 0 Å². The van der Waals surface area contributed by atoms with Gasteiger partial charge in [-0.2, -0.15) is 9.97 Å². The van der Waals surface area contributed by atoms with Gasteiger partial charge in [0.05, 0.1) is 44.1 Å². The van der Waals surface area contributed by atoms with Gasteiger partial charge in [-0.1, -0.05) is 6.92 Å². The van der Waals surface area contributed by atoms with Crippen LogP contribution < -0.4 is 25.4 Å². The third-order valence-electron chi connectivity index (χ3n) is 5.66. The van der Waals surface area contributed by atoms with Crippen LogP contribution in [0.2, 0.25) is 0 Å². The maximum Gasteiger partial charge on any atom is 0.231 e. The molecule has 0 aliphatic carbocycles. The van der Waals surface area contributed by atoms with E-state index in [9.17, 15) is 9.18 Å². The van der Waals surface area contributed by atoms with E-state index < -0.39 is 5.82 Å². The molecular formula is C26H28FN7O5. The zero-order valence-electron chi connectivity index (χ0n) is 21.3. The summed E-state index contributed by atoms with van der Waals surface area (Å²) in [6, 6.07) is 9.44. The molecule has 13 heteroatoms. The molecule has 12 nitrogen and oxygen atoms in total. The van der Waals surface area contributed by atoms with Crippen molar-refractivity contribution < 1.29 is 28.1 Å². The number of nitrogens with one attached hydrogen (secondary N) is 4. The lowest BCUT2D eigenvalue weighted by Gasteiger charge is -2.16. The maximum atomic E-state index is 13.9. The fourth-order valence-corrected chi connectivity index (χ4v) is 3.76. The number of H-pyrrole nitrogens is 1. The molecule has 0 saturated heterocycles. The summed E-state index contributed by atoms with van der Waals surface area (Å²) in [5, 5.41) is 9.04. The highest BCUT2D eigenvalue weighted by Gasteiger charge is 2.15. The Morgan fingerprint density at radius 2 is 1.69 bits per heavy atom. The van der Waals surface area contributed by atoms with Crippen molar-refractivity contribution >= 4 is 45.9 Å². The Bertz CT molecular complexity index is 1450. The van der Waals surface area contributed by atoms with Crippen molar-refractivity contribution in [1.82, 2.24) is 19.9 Å². The number of rotatable bonds is 6. The average molecular weight is 538 g/mol. The standard InChI is InChI=1S/C26H28FN7O5/c1-2-22(35)31-19-13-16(27)3-5-18(19)32-25-23-24(29-15-28-23)33-26(34-25)30-17-4-6-20-21(14-17)39-12-10-37-8-7-36-9-11-38-20/h3-6,13-15H,2,7-12H2,1H3,(H,31,35)(H3,28,29,30,32,33,34). The van der Waals surface area contributed by atoms with Crippen molar-refractivity contribution in [3.63, 3.8) is 0 Å². The predicted molar refractivity (Wildman–Crippen MR) is 143 cm³/mol. The van der Waals surface area contributed by atoms with Crippen molar-refractivity contribution in [2.24, 2.45) is 0 Å². The number of carbonyl (C=O) groups is 1. The minimum Gasteiger partial charge on any atom is -0.487 e. The Balaban J connectivity index is 1.41. The molecule has 3 heterocycles. The van der Waals surface area contributed by atoms with E-state index in [4.69, 9.17) is 18.9 Å². The molecule has 1 aliphatic rings. The molecule has 0 fully saturated rings. The van der Waals surface area contributed by atoms with Crippen LogP contribution in [0.25, 0.3) is 11.2 Å². The van der Waals surface area contributed by atoms with E-state index in [0.29, 0.717) is 79.5 Å². The second-order valence-electron chi connectivity index (χ2n) is 8.42. The minimum atomic E-state index is -0.481. The summed E-state index contributed by atoms with van der Waals surface area (Å²) in [4.78, 5) is 28.4. The van der Waals surface area contributed by atoms with E-state index in [1.54, 1.807) is 19.1 Å². The first-order valence-corrected chi connectivity index (χ1v) is 12.5. The Kier molecular flexibility index (Phi) is 8.29. The molecule has 4 N–H and O–H groups in total. The van der Waals surface area contributed by atoms with Gasteiger partial charge < -0.3 is 39.9 Å². The van der Waals surface area contributed by atoms with E-state index in [1.165, 1.54) is 24.5 Å². The molecule has 204 valence electrons. The highest BCUT2D eigenvalue weighted by molar-refractivity contribution is 5.96. The first-order chi connectivity index (χ1) is 19.1. The largest absolute Gasteiger partial charge is 0.487 e. The second-order valence-corrected chi connectivity index (χ2v) is 8.42. The van der Waals surface area contributed by atoms with E-state index in [2.05, 4.69) is 35.9 Å². The summed E-state index contributed by atoms with van der Waals surface area (Å²) in [6.07, 6.45) is 1.75. The molecule has 0 spiro atoms. The van der Waals surface area contributed by atoms with Crippen LogP contribution in [0.15, 0.2) is 42.7 Å². The molecule has 2 aromatic heterocycles. The number of hydrogen-bond donors (Lipinski definition) is 4. The number of anilines is 5. The molecule has 0 unspecified atom stereocenters. The minimum absolute atomic E-state index is 0.248. The van der Waals surface area contributed by atoms with Crippen LogP contribution in [-0.4, -0.2) is 65.5 Å². The van der Waals surface area contributed by atoms with Crippen LogP contribution in [0.4, 0.5) is 33.2 Å². The fourth-order valence-electron chi connectivity index (χ4n) is 3.76. The SMILES string of the molecule is CCC(=O)Nc1cc(F)ccc1Nc1nc(Nc2ccc3c(c2)OCCOCCOCCO3)nc2nc[nH]c12. The van der Waals surface area contributed by atoms with Crippen LogP contribution in [0.1, 0.15) is 13.3 Å². The van der Waals surface area contributed by atoms with Gasteiger partial charge >= 0.3 is 0 Å². The number of carbonyl (C=O) groups excluding carboxylic acids is 1. The van der Waals surface area contributed by atoms with E-state index in [0.717, 1.165) is 0 Å². The van der Waals surface area contributed by atoms with Gasteiger partial charge in [0.15, 0.2) is 23.0 Å². The van der Waals surface area contributed by atoms with Gasteiger partial charge in [-0.15, -0.1) is 0 Å². The molecule has 1 amide bonds.